The largest absolute Gasteiger partial charge is 0.462 e. The Bertz CT molecular complexity index is 698. The molecule has 2 aromatic carbocycles. The molecule has 0 aliphatic carbocycles. The normalized spacial score (nSPS) is 10.2. The first kappa shape index (κ1) is 18.1. The van der Waals surface area contributed by atoms with Crippen molar-refractivity contribution in [3.05, 3.63) is 65.2 Å². The molecule has 0 bridgehead atoms. The van der Waals surface area contributed by atoms with Crippen molar-refractivity contribution in [1.82, 2.24) is 0 Å². The summed E-state index contributed by atoms with van der Waals surface area (Å²) in [5, 5.41) is 2.81. The van der Waals surface area contributed by atoms with E-state index in [1.165, 1.54) is 11.1 Å². The van der Waals surface area contributed by atoms with Gasteiger partial charge in [0, 0.05) is 11.4 Å². The highest BCUT2D eigenvalue weighted by Crippen LogP contribution is 2.15. The maximum Gasteiger partial charge on any atom is 0.338 e. The minimum Gasteiger partial charge on any atom is -0.462 e. The second-order valence-corrected chi connectivity index (χ2v) is 6.31. The molecule has 1 amide bonds. The van der Waals surface area contributed by atoms with E-state index in [1.807, 2.05) is 0 Å². The molecule has 0 saturated carbocycles. The molecule has 5 heteroatoms. The van der Waals surface area contributed by atoms with Gasteiger partial charge in [0.05, 0.1) is 17.9 Å². The van der Waals surface area contributed by atoms with E-state index in [0.29, 0.717) is 23.6 Å². The summed E-state index contributed by atoms with van der Waals surface area (Å²) in [6, 6.07) is 15.0. The molecule has 0 fully saturated rings. The Hall–Kier alpha value is -2.27. The van der Waals surface area contributed by atoms with Crippen molar-refractivity contribution in [2.75, 3.05) is 17.7 Å². The van der Waals surface area contributed by atoms with E-state index in [9.17, 15) is 9.59 Å². The number of anilines is 1. The lowest BCUT2D eigenvalue weighted by atomic mass is 10.2. The molecule has 0 aromatic heterocycles. The predicted octanol–water partition coefficient (Wildman–Crippen LogP) is 4.04. The summed E-state index contributed by atoms with van der Waals surface area (Å²) in [5.74, 6) is 0.670. The van der Waals surface area contributed by atoms with Gasteiger partial charge in [-0.3, -0.25) is 4.79 Å². The van der Waals surface area contributed by atoms with Gasteiger partial charge < -0.3 is 10.1 Å². The Balaban J connectivity index is 1.82. The summed E-state index contributed by atoms with van der Waals surface area (Å²) < 4.78 is 4.95. The monoisotopic (exact) mass is 343 g/mol. The van der Waals surface area contributed by atoms with Crippen LogP contribution >= 0.6 is 11.8 Å². The molecule has 0 aliphatic rings. The Morgan fingerprint density at radius 3 is 2.58 bits per heavy atom. The van der Waals surface area contributed by atoms with Crippen LogP contribution in [0.15, 0.2) is 48.5 Å². The molecule has 0 atom stereocenters. The van der Waals surface area contributed by atoms with Crippen molar-refractivity contribution in [3.63, 3.8) is 0 Å². The SMILES string of the molecule is CCOC(=O)c1cccc(NC(=O)CSCc2ccc(C)cc2)c1. The highest BCUT2D eigenvalue weighted by atomic mass is 32.2. The van der Waals surface area contributed by atoms with Crippen LogP contribution in [0.2, 0.25) is 0 Å². The first-order valence-electron chi connectivity index (χ1n) is 7.79. The van der Waals surface area contributed by atoms with Crippen LogP contribution in [0.5, 0.6) is 0 Å². The van der Waals surface area contributed by atoms with Crippen LogP contribution in [-0.2, 0) is 15.3 Å². The van der Waals surface area contributed by atoms with Gasteiger partial charge in [-0.05, 0) is 37.6 Å². The van der Waals surface area contributed by atoms with Gasteiger partial charge in [-0.1, -0.05) is 35.9 Å². The van der Waals surface area contributed by atoms with E-state index in [0.717, 1.165) is 5.75 Å². The van der Waals surface area contributed by atoms with E-state index < -0.39 is 0 Å². The number of carbonyl (C=O) groups excluding carboxylic acids is 2. The number of hydrogen-bond acceptors (Lipinski definition) is 4. The first-order valence-corrected chi connectivity index (χ1v) is 8.94. The van der Waals surface area contributed by atoms with Gasteiger partial charge in [-0.25, -0.2) is 4.79 Å². The van der Waals surface area contributed by atoms with Gasteiger partial charge in [-0.15, -0.1) is 11.8 Å². The average molecular weight is 343 g/mol. The van der Waals surface area contributed by atoms with E-state index in [2.05, 4.69) is 36.5 Å². The quantitative estimate of drug-likeness (QED) is 0.771. The van der Waals surface area contributed by atoms with Crippen LogP contribution < -0.4 is 5.32 Å². The lowest BCUT2D eigenvalue weighted by Gasteiger charge is -2.07. The third-order valence-corrected chi connectivity index (χ3v) is 4.28. The summed E-state index contributed by atoms with van der Waals surface area (Å²) in [5.41, 5.74) is 3.45. The Morgan fingerprint density at radius 1 is 1.12 bits per heavy atom. The van der Waals surface area contributed by atoms with Gasteiger partial charge in [0.1, 0.15) is 0 Å². The molecule has 0 spiro atoms. The summed E-state index contributed by atoms with van der Waals surface area (Å²) in [6.07, 6.45) is 0. The van der Waals surface area contributed by atoms with Crippen LogP contribution in [-0.4, -0.2) is 24.2 Å². The minimum absolute atomic E-state index is 0.0897. The highest BCUT2D eigenvalue weighted by molar-refractivity contribution is 7.99. The topological polar surface area (TPSA) is 55.4 Å². The smallest absolute Gasteiger partial charge is 0.338 e. The van der Waals surface area contributed by atoms with Crippen LogP contribution in [0.25, 0.3) is 0 Å². The molecule has 2 rings (SSSR count). The fraction of sp³-hybridized carbons (Fsp3) is 0.263. The first-order chi connectivity index (χ1) is 11.6. The lowest BCUT2D eigenvalue weighted by Crippen LogP contribution is -2.15. The molecule has 2 aromatic rings. The molecule has 24 heavy (non-hydrogen) atoms. The number of ether oxygens (including phenoxy) is 1. The molecule has 0 radical (unpaired) electrons. The van der Waals surface area contributed by atoms with Crippen LogP contribution in [0.4, 0.5) is 5.69 Å². The standard InChI is InChI=1S/C19H21NO3S/c1-3-23-19(22)16-5-4-6-17(11-16)20-18(21)13-24-12-15-9-7-14(2)8-10-15/h4-11H,3,12-13H2,1-2H3,(H,20,21). The van der Waals surface area contributed by atoms with E-state index in [1.54, 1.807) is 43.0 Å². The molecule has 0 aliphatic heterocycles. The van der Waals surface area contributed by atoms with Crippen LogP contribution in [0.3, 0.4) is 0 Å². The van der Waals surface area contributed by atoms with Gasteiger partial charge in [-0.2, -0.15) is 0 Å². The Morgan fingerprint density at radius 2 is 1.88 bits per heavy atom. The number of rotatable bonds is 7. The van der Waals surface area contributed by atoms with E-state index >= 15 is 0 Å². The lowest BCUT2D eigenvalue weighted by molar-refractivity contribution is -0.113. The van der Waals surface area contributed by atoms with Gasteiger partial charge >= 0.3 is 5.97 Å². The zero-order valence-corrected chi connectivity index (χ0v) is 14.7. The number of thioether (sulfide) groups is 1. The molecule has 0 unspecified atom stereocenters. The molecular weight excluding hydrogens is 322 g/mol. The van der Waals surface area contributed by atoms with Crippen molar-refractivity contribution in [2.24, 2.45) is 0 Å². The van der Waals surface area contributed by atoms with Crippen molar-refractivity contribution in [1.29, 1.82) is 0 Å². The van der Waals surface area contributed by atoms with E-state index in [-0.39, 0.29) is 11.9 Å². The van der Waals surface area contributed by atoms with Gasteiger partial charge in [0.2, 0.25) is 5.91 Å². The number of carbonyl (C=O) groups is 2. The number of nitrogens with one attached hydrogen (secondary N) is 1. The summed E-state index contributed by atoms with van der Waals surface area (Å²) in [4.78, 5) is 23.7. The molecule has 126 valence electrons. The molecule has 0 heterocycles. The maximum atomic E-state index is 12.0. The maximum absolute atomic E-state index is 12.0. The zero-order valence-electron chi connectivity index (χ0n) is 13.9. The summed E-state index contributed by atoms with van der Waals surface area (Å²) in [7, 11) is 0. The average Bonchev–Trinajstić information content (AvgIpc) is 2.57. The number of hydrogen-bond donors (Lipinski definition) is 1. The minimum atomic E-state index is -0.387. The third-order valence-electron chi connectivity index (χ3n) is 3.28. The second kappa shape index (κ2) is 9.13. The molecule has 4 nitrogen and oxygen atoms in total. The zero-order chi connectivity index (χ0) is 17.4. The van der Waals surface area contributed by atoms with E-state index in [4.69, 9.17) is 4.74 Å². The van der Waals surface area contributed by atoms with Gasteiger partial charge in [0.15, 0.2) is 0 Å². The predicted molar refractivity (Wildman–Crippen MR) is 98.4 cm³/mol. The fourth-order valence-electron chi connectivity index (χ4n) is 2.08. The molecule has 0 saturated heterocycles. The molecular formula is C19H21NO3S. The van der Waals surface area contributed by atoms with Gasteiger partial charge in [0.25, 0.3) is 0 Å². The number of aryl methyl sites for hydroxylation is 1. The van der Waals surface area contributed by atoms with Crippen molar-refractivity contribution >= 4 is 29.3 Å². The molecule has 1 N–H and O–H groups in total. The number of esters is 1. The third kappa shape index (κ3) is 5.74. The van der Waals surface area contributed by atoms with Crippen molar-refractivity contribution in [3.8, 4) is 0 Å². The Labute approximate surface area is 146 Å². The van der Waals surface area contributed by atoms with Crippen molar-refractivity contribution in [2.45, 2.75) is 19.6 Å². The number of benzene rings is 2. The Kier molecular flexibility index (Phi) is 6.88. The summed E-state index contributed by atoms with van der Waals surface area (Å²) in [6.45, 7) is 4.13. The van der Waals surface area contributed by atoms with Crippen molar-refractivity contribution < 1.29 is 14.3 Å². The fourth-order valence-corrected chi connectivity index (χ4v) is 2.87. The summed E-state index contributed by atoms with van der Waals surface area (Å²) >= 11 is 1.55. The van der Waals surface area contributed by atoms with Crippen LogP contribution in [0.1, 0.15) is 28.4 Å². The number of amides is 1. The second-order valence-electron chi connectivity index (χ2n) is 5.33. The highest BCUT2D eigenvalue weighted by Gasteiger charge is 2.08. The van der Waals surface area contributed by atoms with Crippen LogP contribution in [0, 0.1) is 6.92 Å².